The molecule has 2 aromatic heterocycles. The van der Waals surface area contributed by atoms with Gasteiger partial charge in [0.25, 0.3) is 0 Å². The third-order valence-electron chi connectivity index (χ3n) is 3.80. The Labute approximate surface area is 139 Å². The molecule has 0 fully saturated rings. The van der Waals surface area contributed by atoms with Gasteiger partial charge in [-0.05, 0) is 36.2 Å². The molecule has 0 unspecified atom stereocenters. The van der Waals surface area contributed by atoms with Crippen LogP contribution in [0.5, 0.6) is 5.88 Å². The van der Waals surface area contributed by atoms with Crippen molar-refractivity contribution in [1.29, 1.82) is 0 Å². The summed E-state index contributed by atoms with van der Waals surface area (Å²) in [4.78, 5) is 8.63. The van der Waals surface area contributed by atoms with E-state index < -0.39 is 0 Å². The lowest BCUT2D eigenvalue weighted by Gasteiger charge is -2.11. The second kappa shape index (κ2) is 6.80. The first-order chi connectivity index (χ1) is 11.6. The Morgan fingerprint density at radius 2 is 2.00 bits per heavy atom. The number of imidazole rings is 1. The molecule has 5 nitrogen and oxygen atoms in total. The van der Waals surface area contributed by atoms with Crippen LogP contribution in [0.2, 0.25) is 0 Å². The molecule has 1 aromatic carbocycles. The first-order valence-electron chi connectivity index (χ1n) is 7.53. The van der Waals surface area contributed by atoms with Gasteiger partial charge in [-0.15, -0.1) is 0 Å². The Morgan fingerprint density at radius 1 is 1.25 bits per heavy atom. The molecule has 2 heterocycles. The van der Waals surface area contributed by atoms with Crippen molar-refractivity contribution in [3.05, 3.63) is 65.6 Å². The number of methoxy groups -OCH3 is 1. The monoisotopic (exact) mass is 327 g/mol. The fraction of sp³-hybridized carbons (Fsp3) is 0.222. The Balaban J connectivity index is 1.96. The molecule has 0 saturated carbocycles. The number of benzene rings is 1. The van der Waals surface area contributed by atoms with Crippen molar-refractivity contribution < 1.29 is 14.2 Å². The maximum atomic E-state index is 13.2. The van der Waals surface area contributed by atoms with E-state index in [-0.39, 0.29) is 12.4 Å². The van der Waals surface area contributed by atoms with E-state index in [0.717, 1.165) is 22.5 Å². The molecule has 0 spiro atoms. The van der Waals surface area contributed by atoms with Crippen LogP contribution in [-0.2, 0) is 13.2 Å². The van der Waals surface area contributed by atoms with Gasteiger partial charge in [0.05, 0.1) is 26.0 Å². The standard InChI is InChI=1S/C18H18FN3O2/c1-12-21-16(11-23)10-22(12)9-13-7-17(18(24-2)20-8-13)14-3-5-15(19)6-4-14/h3-8,10,23H,9,11H2,1-2H3. The minimum Gasteiger partial charge on any atom is -0.481 e. The summed E-state index contributed by atoms with van der Waals surface area (Å²) in [5.74, 6) is 1.02. The molecule has 3 rings (SSSR count). The van der Waals surface area contributed by atoms with Crippen molar-refractivity contribution in [3.63, 3.8) is 0 Å². The van der Waals surface area contributed by atoms with Gasteiger partial charge >= 0.3 is 0 Å². The van der Waals surface area contributed by atoms with E-state index in [4.69, 9.17) is 4.74 Å². The van der Waals surface area contributed by atoms with E-state index in [2.05, 4.69) is 9.97 Å². The number of hydrogen-bond acceptors (Lipinski definition) is 4. The fourth-order valence-electron chi connectivity index (χ4n) is 2.59. The molecule has 0 aliphatic rings. The number of rotatable bonds is 5. The largest absolute Gasteiger partial charge is 0.481 e. The van der Waals surface area contributed by atoms with Gasteiger partial charge in [-0.25, -0.2) is 14.4 Å². The molecule has 6 heteroatoms. The van der Waals surface area contributed by atoms with Gasteiger partial charge in [0.1, 0.15) is 11.6 Å². The van der Waals surface area contributed by atoms with E-state index in [1.54, 1.807) is 25.4 Å². The van der Waals surface area contributed by atoms with Gasteiger partial charge < -0.3 is 14.4 Å². The van der Waals surface area contributed by atoms with Crippen LogP contribution in [-0.4, -0.2) is 26.8 Å². The highest BCUT2D eigenvalue weighted by Gasteiger charge is 2.11. The summed E-state index contributed by atoms with van der Waals surface area (Å²) in [6.45, 7) is 2.37. The Morgan fingerprint density at radius 3 is 2.62 bits per heavy atom. The highest BCUT2D eigenvalue weighted by Crippen LogP contribution is 2.29. The second-order valence-electron chi connectivity index (χ2n) is 5.47. The summed E-state index contributed by atoms with van der Waals surface area (Å²) in [7, 11) is 1.56. The molecule has 1 N–H and O–H groups in total. The number of hydrogen-bond donors (Lipinski definition) is 1. The summed E-state index contributed by atoms with van der Waals surface area (Å²) < 4.78 is 20.4. The number of nitrogens with zero attached hydrogens (tertiary/aromatic N) is 3. The Kier molecular flexibility index (Phi) is 4.57. The molecule has 0 aliphatic carbocycles. The summed E-state index contributed by atoms with van der Waals surface area (Å²) >= 11 is 0. The summed E-state index contributed by atoms with van der Waals surface area (Å²) in [6, 6.07) is 8.19. The third-order valence-corrected chi connectivity index (χ3v) is 3.80. The van der Waals surface area contributed by atoms with Crippen molar-refractivity contribution in [2.24, 2.45) is 0 Å². The van der Waals surface area contributed by atoms with E-state index in [9.17, 15) is 9.50 Å². The smallest absolute Gasteiger partial charge is 0.221 e. The lowest BCUT2D eigenvalue weighted by Crippen LogP contribution is -2.02. The maximum absolute atomic E-state index is 13.2. The molecule has 124 valence electrons. The maximum Gasteiger partial charge on any atom is 0.221 e. The molecular weight excluding hydrogens is 309 g/mol. The highest BCUT2D eigenvalue weighted by atomic mass is 19.1. The zero-order valence-corrected chi connectivity index (χ0v) is 13.5. The van der Waals surface area contributed by atoms with Crippen LogP contribution in [0.3, 0.4) is 0 Å². The zero-order chi connectivity index (χ0) is 17.1. The van der Waals surface area contributed by atoms with Gasteiger partial charge in [-0.1, -0.05) is 12.1 Å². The first-order valence-corrected chi connectivity index (χ1v) is 7.53. The van der Waals surface area contributed by atoms with Crippen LogP contribution in [0.4, 0.5) is 4.39 Å². The Hall–Kier alpha value is -2.73. The van der Waals surface area contributed by atoms with Gasteiger partial charge in [0.15, 0.2) is 0 Å². The molecule has 0 bridgehead atoms. The van der Waals surface area contributed by atoms with Crippen LogP contribution in [0.1, 0.15) is 17.1 Å². The first kappa shape index (κ1) is 16.1. The number of aliphatic hydroxyl groups excluding tert-OH is 1. The SMILES string of the molecule is COc1ncc(Cn2cc(CO)nc2C)cc1-c1ccc(F)cc1. The molecular formula is C18H18FN3O2. The van der Waals surface area contributed by atoms with Crippen molar-refractivity contribution in [2.75, 3.05) is 7.11 Å². The molecule has 0 saturated heterocycles. The highest BCUT2D eigenvalue weighted by molar-refractivity contribution is 5.69. The predicted molar refractivity (Wildman–Crippen MR) is 88.2 cm³/mol. The van der Waals surface area contributed by atoms with E-state index >= 15 is 0 Å². The van der Waals surface area contributed by atoms with Crippen LogP contribution in [0.15, 0.2) is 42.7 Å². The van der Waals surface area contributed by atoms with Crippen molar-refractivity contribution in [3.8, 4) is 17.0 Å². The van der Waals surface area contributed by atoms with Gasteiger partial charge in [-0.3, -0.25) is 0 Å². The Bertz CT molecular complexity index is 844. The van der Waals surface area contributed by atoms with Crippen molar-refractivity contribution in [1.82, 2.24) is 14.5 Å². The average Bonchev–Trinajstić information content (AvgIpc) is 2.95. The number of aromatic nitrogens is 3. The topological polar surface area (TPSA) is 60.2 Å². The van der Waals surface area contributed by atoms with Crippen molar-refractivity contribution in [2.45, 2.75) is 20.1 Å². The van der Waals surface area contributed by atoms with Gasteiger partial charge in [-0.2, -0.15) is 0 Å². The normalized spacial score (nSPS) is 10.8. The summed E-state index contributed by atoms with van der Waals surface area (Å²) in [5, 5.41) is 9.19. The second-order valence-corrected chi connectivity index (χ2v) is 5.47. The number of aryl methyl sites for hydroxylation is 1. The number of pyridine rings is 1. The van der Waals surface area contributed by atoms with Crippen LogP contribution in [0, 0.1) is 12.7 Å². The van der Waals surface area contributed by atoms with Gasteiger partial charge in [0, 0.05) is 18.0 Å². The fourth-order valence-corrected chi connectivity index (χ4v) is 2.59. The van der Waals surface area contributed by atoms with Crippen LogP contribution >= 0.6 is 0 Å². The molecule has 0 radical (unpaired) electrons. The lowest BCUT2D eigenvalue weighted by atomic mass is 10.1. The van der Waals surface area contributed by atoms with E-state index in [1.807, 2.05) is 23.8 Å². The van der Waals surface area contributed by atoms with Crippen LogP contribution < -0.4 is 4.74 Å². The predicted octanol–water partition coefficient (Wildman–Crippen LogP) is 2.94. The molecule has 0 aliphatic heterocycles. The minimum atomic E-state index is -0.285. The van der Waals surface area contributed by atoms with Crippen molar-refractivity contribution >= 4 is 0 Å². The minimum absolute atomic E-state index is 0.0878. The molecule has 24 heavy (non-hydrogen) atoms. The number of ether oxygens (including phenoxy) is 1. The number of aliphatic hydroxyl groups is 1. The zero-order valence-electron chi connectivity index (χ0n) is 13.5. The number of halogens is 1. The quantitative estimate of drug-likeness (QED) is 0.783. The summed E-state index contributed by atoms with van der Waals surface area (Å²) in [6.07, 6.45) is 3.56. The van der Waals surface area contributed by atoms with E-state index in [0.29, 0.717) is 18.1 Å². The molecule has 0 atom stereocenters. The third kappa shape index (κ3) is 3.28. The molecule has 3 aromatic rings. The molecule has 0 amide bonds. The average molecular weight is 327 g/mol. The van der Waals surface area contributed by atoms with E-state index in [1.165, 1.54) is 12.1 Å². The van der Waals surface area contributed by atoms with Crippen LogP contribution in [0.25, 0.3) is 11.1 Å². The van der Waals surface area contributed by atoms with Gasteiger partial charge in [0.2, 0.25) is 5.88 Å². The lowest BCUT2D eigenvalue weighted by molar-refractivity contribution is 0.277. The summed E-state index contributed by atoms with van der Waals surface area (Å²) in [5.41, 5.74) is 3.23.